The number of pyridine rings is 4. The number of likely N-dealkylation sites (tertiary alicyclic amines) is 2. The van der Waals surface area contributed by atoms with E-state index in [1.165, 1.54) is 16.9 Å². The molecule has 3 saturated heterocycles. The van der Waals surface area contributed by atoms with E-state index in [0.29, 0.717) is 78.4 Å². The lowest BCUT2D eigenvalue weighted by Crippen LogP contribution is -2.41. The van der Waals surface area contributed by atoms with Crippen molar-refractivity contribution < 1.29 is 41.9 Å². The number of ether oxygens (including phenoxy) is 3. The molecule has 2 unspecified atom stereocenters. The van der Waals surface area contributed by atoms with Crippen LogP contribution < -0.4 is 19.7 Å². The molecular weight excluding hydrogens is 1080 g/mol. The number of rotatable bonds is 11. The highest BCUT2D eigenvalue weighted by molar-refractivity contribution is 6.62. The Balaban J connectivity index is 0.000000157. The highest BCUT2D eigenvalue weighted by Gasteiger charge is 2.52. The number of carbonyl (C=O) groups is 2. The van der Waals surface area contributed by atoms with Gasteiger partial charge in [0.25, 0.3) is 11.8 Å². The smallest absolute Gasteiger partial charge is 0.494 e. The van der Waals surface area contributed by atoms with Gasteiger partial charge in [-0.1, -0.05) is 23.7 Å². The summed E-state index contributed by atoms with van der Waals surface area (Å²) in [4.78, 5) is 48.9. The number of benzene rings is 2. The zero-order chi connectivity index (χ0) is 59.5. The van der Waals surface area contributed by atoms with E-state index >= 15 is 0 Å². The standard InChI is InChI=1S/C28H27N5O4.C18H25BN2O3.C16H14ClN3O2/c1-32(2)28(34)23-13-25(35-4)21(15-31-23)26-12-22-27(37-26)20(7-9-30-22)17-5-6-24(18(11-17)14-29)36-19-8-10-33(3)16-19;1-17(2)18(3,4)24-19(23-17)14-6-7-16(13(10-14)11-20)22-15-8-9-21(5)12-15;1-9-6-13(16(21)20(2)3)19-8-10(9)14-7-12-15(22-14)11(17)4-5-18-12/h5-7,9,11-13,15,19H,8,10,16H2,1-4H3;6-7,10,15H,8-9,12H2,1-5H3;4-8H,1-3H3. The number of furan rings is 2. The number of amides is 2. The van der Waals surface area contributed by atoms with E-state index in [1.54, 1.807) is 71.2 Å². The average molecular weight is 1140 g/mol. The largest absolute Gasteiger partial charge is 0.496 e. The third-order valence-electron chi connectivity index (χ3n) is 15.1. The van der Waals surface area contributed by atoms with Crippen molar-refractivity contribution in [1.29, 1.82) is 10.5 Å². The summed E-state index contributed by atoms with van der Waals surface area (Å²) < 4.78 is 41.8. The van der Waals surface area contributed by atoms with Crippen molar-refractivity contribution in [3.05, 3.63) is 131 Å². The average Bonchev–Trinajstić information content (AvgIpc) is 3.55. The van der Waals surface area contributed by atoms with Gasteiger partial charge in [-0.25, -0.2) is 0 Å². The number of fused-ring (bicyclic) bond motifs is 2. The van der Waals surface area contributed by atoms with Crippen molar-refractivity contribution >= 4 is 58.2 Å². The van der Waals surface area contributed by atoms with E-state index in [-0.39, 0.29) is 29.7 Å². The summed E-state index contributed by atoms with van der Waals surface area (Å²) in [5.74, 6) is 2.46. The molecule has 3 fully saturated rings. The molecule has 3 aliphatic heterocycles. The first-order valence-electron chi connectivity index (χ1n) is 27.1. The lowest BCUT2D eigenvalue weighted by molar-refractivity contribution is 0.00578. The van der Waals surface area contributed by atoms with Crippen molar-refractivity contribution in [3.8, 4) is 63.2 Å². The summed E-state index contributed by atoms with van der Waals surface area (Å²) in [7, 11) is 11.9. The maximum absolute atomic E-state index is 12.3. The highest BCUT2D eigenvalue weighted by atomic mass is 35.5. The van der Waals surface area contributed by atoms with Crippen LogP contribution in [0.5, 0.6) is 17.2 Å². The summed E-state index contributed by atoms with van der Waals surface area (Å²) in [5.41, 5.74) is 8.11. The van der Waals surface area contributed by atoms with Gasteiger partial charge < -0.3 is 52.0 Å². The maximum Gasteiger partial charge on any atom is 0.494 e. The number of carbonyl (C=O) groups excluding carboxylic acids is 2. The van der Waals surface area contributed by atoms with Gasteiger partial charge in [-0.3, -0.25) is 29.5 Å². The van der Waals surface area contributed by atoms with Gasteiger partial charge in [-0.05, 0) is 121 Å². The molecule has 2 amide bonds. The van der Waals surface area contributed by atoms with Gasteiger partial charge in [-0.15, -0.1) is 0 Å². The van der Waals surface area contributed by atoms with Crippen LogP contribution in [0.2, 0.25) is 5.02 Å². The normalized spacial score (nSPS) is 17.2. The summed E-state index contributed by atoms with van der Waals surface area (Å²) in [6.45, 7) is 13.7. The van der Waals surface area contributed by atoms with E-state index < -0.39 is 18.3 Å². The van der Waals surface area contributed by atoms with Crippen LogP contribution in [0.4, 0.5) is 0 Å². The molecule has 0 spiro atoms. The fourth-order valence-corrected chi connectivity index (χ4v) is 9.92. The summed E-state index contributed by atoms with van der Waals surface area (Å²) in [5, 5.41) is 19.8. The molecule has 6 aromatic heterocycles. The van der Waals surface area contributed by atoms with Gasteiger partial charge in [0.1, 0.15) is 75.5 Å². The first-order valence-corrected chi connectivity index (χ1v) is 27.5. The maximum atomic E-state index is 12.3. The van der Waals surface area contributed by atoms with Crippen LogP contribution in [-0.2, 0) is 9.31 Å². The molecule has 0 radical (unpaired) electrons. The Kier molecular flexibility index (Phi) is 17.6. The molecule has 0 aliphatic carbocycles. The number of aryl methyl sites for hydroxylation is 1. The second-order valence-electron chi connectivity index (χ2n) is 22.2. The van der Waals surface area contributed by atoms with E-state index in [9.17, 15) is 20.1 Å². The van der Waals surface area contributed by atoms with Crippen LogP contribution in [0.25, 0.3) is 56.0 Å². The number of aromatic nitrogens is 4. The predicted octanol–water partition coefficient (Wildman–Crippen LogP) is 9.72. The molecule has 428 valence electrons. The van der Waals surface area contributed by atoms with Crippen molar-refractivity contribution in [1.82, 2.24) is 39.5 Å². The molecule has 0 saturated carbocycles. The first kappa shape index (κ1) is 59.3. The first-order chi connectivity index (χ1) is 39.6. The zero-order valence-corrected chi connectivity index (χ0v) is 49.5. The van der Waals surface area contributed by atoms with E-state index in [4.69, 9.17) is 44.0 Å². The van der Waals surface area contributed by atoms with E-state index in [0.717, 1.165) is 66.7 Å². The minimum absolute atomic E-state index is 0.0752. The topological polar surface area (TPSA) is 219 Å². The van der Waals surface area contributed by atoms with Gasteiger partial charge in [0.2, 0.25) is 0 Å². The van der Waals surface area contributed by atoms with Crippen molar-refractivity contribution in [2.24, 2.45) is 0 Å². The Labute approximate surface area is 488 Å². The fraction of sp³-hybridized carbons (Fsp3) is 0.355. The lowest BCUT2D eigenvalue weighted by Gasteiger charge is -2.32. The van der Waals surface area contributed by atoms with Gasteiger partial charge in [-0.2, -0.15) is 10.5 Å². The molecule has 3 aliphatic rings. The quantitative estimate of drug-likeness (QED) is 0.110. The van der Waals surface area contributed by atoms with Crippen LogP contribution in [0, 0.1) is 29.6 Å². The van der Waals surface area contributed by atoms with Crippen LogP contribution >= 0.6 is 11.6 Å². The minimum Gasteiger partial charge on any atom is -0.496 e. The Morgan fingerprint density at radius 2 is 1.18 bits per heavy atom. The van der Waals surface area contributed by atoms with Crippen LogP contribution in [0.15, 0.2) is 106 Å². The van der Waals surface area contributed by atoms with Gasteiger partial charge in [0.05, 0.1) is 40.0 Å². The molecule has 83 heavy (non-hydrogen) atoms. The SMILES string of the molecule is CN1CCC(Oc2ccc(B3OC(C)(C)C(C)(C)O3)cc2C#N)C1.COc1cc(C(=O)N(C)C)ncc1-c1cc2nccc(-c3ccc(OC4CCN(C)C4)c(C#N)c3)c2o1.Cc1cc(C(=O)N(C)C)ncc1-c1cc2nccc(Cl)c2o1. The molecule has 0 bridgehead atoms. The number of nitriles is 2. The number of methoxy groups -OCH3 is 1. The second kappa shape index (κ2) is 24.6. The second-order valence-corrected chi connectivity index (χ2v) is 22.6. The van der Waals surface area contributed by atoms with Crippen molar-refractivity contribution in [2.45, 2.75) is 70.9 Å². The summed E-state index contributed by atoms with van der Waals surface area (Å²) in [6.07, 6.45) is 8.68. The Morgan fingerprint density at radius 3 is 1.71 bits per heavy atom. The third kappa shape index (κ3) is 13.0. The summed E-state index contributed by atoms with van der Waals surface area (Å²) in [6, 6.07) is 26.2. The Hall–Kier alpha value is -8.37. The number of hydrogen-bond donors (Lipinski definition) is 0. The molecule has 0 N–H and O–H groups in total. The Morgan fingerprint density at radius 1 is 0.663 bits per heavy atom. The molecule has 8 aromatic rings. The van der Waals surface area contributed by atoms with Gasteiger partial charge in [0.15, 0.2) is 11.2 Å². The van der Waals surface area contributed by atoms with Crippen LogP contribution in [0.1, 0.15) is 78.2 Å². The fourth-order valence-electron chi connectivity index (χ4n) is 9.73. The minimum atomic E-state index is -0.464. The lowest BCUT2D eigenvalue weighted by atomic mass is 9.78. The third-order valence-corrected chi connectivity index (χ3v) is 15.4. The molecule has 19 nitrogen and oxygen atoms in total. The number of likely N-dealkylation sites (N-methyl/N-ethyl adjacent to an activating group) is 2. The van der Waals surface area contributed by atoms with Gasteiger partial charge >= 0.3 is 7.12 Å². The number of hydrogen-bond acceptors (Lipinski definition) is 17. The monoisotopic (exact) mass is 1140 g/mol. The predicted molar refractivity (Wildman–Crippen MR) is 317 cm³/mol. The molecule has 21 heteroatoms. The highest BCUT2D eigenvalue weighted by Crippen LogP contribution is 2.40. The zero-order valence-electron chi connectivity index (χ0n) is 48.7. The van der Waals surface area contributed by atoms with Crippen LogP contribution in [-0.4, -0.2) is 157 Å². The molecule has 11 rings (SSSR count). The number of nitrogens with zero attached hydrogens (tertiary/aromatic N) is 10. The van der Waals surface area contributed by atoms with Crippen LogP contribution in [0.3, 0.4) is 0 Å². The molecule has 2 atom stereocenters. The summed E-state index contributed by atoms with van der Waals surface area (Å²) >= 11 is 6.10. The molecule has 2 aromatic carbocycles. The Bertz CT molecular complexity index is 3800. The number of halogens is 1. The molecular formula is C62H66BClN10O9. The van der Waals surface area contributed by atoms with Crippen molar-refractivity contribution in [3.63, 3.8) is 0 Å². The van der Waals surface area contributed by atoms with Gasteiger partial charge in [0, 0.05) is 108 Å². The molecule has 9 heterocycles. The van der Waals surface area contributed by atoms with E-state index in [1.807, 2.05) is 89.2 Å². The van der Waals surface area contributed by atoms with E-state index in [2.05, 4.69) is 56.0 Å². The van der Waals surface area contributed by atoms with Crippen molar-refractivity contribution in [2.75, 3.05) is 75.6 Å².